The van der Waals surface area contributed by atoms with Crippen LogP contribution in [0.3, 0.4) is 0 Å². The lowest BCUT2D eigenvalue weighted by atomic mass is 10.1. The molecule has 1 atom stereocenters. The minimum Gasteiger partial charge on any atom is -0.491 e. The first kappa shape index (κ1) is 18.7. The average molecular weight is 319 g/mol. The summed E-state index contributed by atoms with van der Waals surface area (Å²) < 4.78 is 5.59. The van der Waals surface area contributed by atoms with Crippen molar-refractivity contribution in [3.8, 4) is 5.75 Å². The van der Waals surface area contributed by atoms with E-state index in [0.29, 0.717) is 6.42 Å². The third kappa shape index (κ3) is 7.49. The van der Waals surface area contributed by atoms with Crippen LogP contribution in [0.5, 0.6) is 5.75 Å². The monoisotopic (exact) mass is 319 g/mol. The molecule has 0 saturated heterocycles. The topological polar surface area (TPSA) is 75.6 Å². The Hall–Kier alpha value is -2.30. The van der Waals surface area contributed by atoms with Crippen LogP contribution in [0.25, 0.3) is 6.08 Å². The number of unbranched alkanes of at least 4 members (excludes halogenated alkanes) is 1. The number of amides is 1. The Kier molecular flexibility index (Phi) is 7.88. The molecule has 0 bridgehead atoms. The zero-order valence-corrected chi connectivity index (χ0v) is 13.9. The number of benzene rings is 1. The van der Waals surface area contributed by atoms with Crippen LogP contribution in [-0.4, -0.2) is 29.1 Å². The highest BCUT2D eigenvalue weighted by molar-refractivity contribution is 5.94. The molecule has 0 radical (unpaired) electrons. The van der Waals surface area contributed by atoms with Crippen LogP contribution < -0.4 is 10.1 Å². The van der Waals surface area contributed by atoms with Crippen molar-refractivity contribution in [3.63, 3.8) is 0 Å². The molecule has 0 heterocycles. The van der Waals surface area contributed by atoms with Gasteiger partial charge in [-0.05, 0) is 44.0 Å². The average Bonchev–Trinajstić information content (AvgIpc) is 2.49. The minimum absolute atomic E-state index is 0.0763. The van der Waals surface area contributed by atoms with Gasteiger partial charge in [-0.15, -0.1) is 0 Å². The van der Waals surface area contributed by atoms with E-state index in [1.165, 1.54) is 6.08 Å². The van der Waals surface area contributed by atoms with Crippen LogP contribution in [0.15, 0.2) is 30.3 Å². The molecule has 1 amide bonds. The molecule has 0 spiro atoms. The van der Waals surface area contributed by atoms with E-state index in [1.54, 1.807) is 6.08 Å². The van der Waals surface area contributed by atoms with E-state index >= 15 is 0 Å². The maximum atomic E-state index is 11.9. The van der Waals surface area contributed by atoms with Crippen molar-refractivity contribution in [3.05, 3.63) is 35.9 Å². The highest BCUT2D eigenvalue weighted by Crippen LogP contribution is 2.15. The Bertz CT molecular complexity index is 552. The van der Waals surface area contributed by atoms with E-state index < -0.39 is 17.9 Å². The number of nitrogens with one attached hydrogen (secondary N) is 1. The molecule has 1 rings (SSSR count). The molecule has 0 aliphatic carbocycles. The van der Waals surface area contributed by atoms with Crippen LogP contribution in [0.4, 0.5) is 0 Å². The molecule has 2 N–H and O–H groups in total. The maximum Gasteiger partial charge on any atom is 0.326 e. The van der Waals surface area contributed by atoms with Gasteiger partial charge >= 0.3 is 5.97 Å². The summed E-state index contributed by atoms with van der Waals surface area (Å²) in [6.07, 6.45) is 5.14. The second-order valence-electron chi connectivity index (χ2n) is 5.61. The third-order valence-corrected chi connectivity index (χ3v) is 3.12. The molecule has 5 nitrogen and oxygen atoms in total. The van der Waals surface area contributed by atoms with Gasteiger partial charge in [0.15, 0.2) is 0 Å². The van der Waals surface area contributed by atoms with Gasteiger partial charge in [0, 0.05) is 6.08 Å². The Balaban J connectivity index is 2.65. The molecule has 126 valence electrons. The maximum absolute atomic E-state index is 11.9. The standard InChI is InChI=1S/C18H25NO4/c1-4-5-9-16(18(21)22)19-17(20)11-10-14-7-6-8-15(12-14)23-13(2)3/h6-8,10-13,16H,4-5,9H2,1-3H3,(H,19,20)(H,21,22)/b11-10+. The normalized spacial score (nSPS) is 12.3. The van der Waals surface area contributed by atoms with Gasteiger partial charge in [-0.1, -0.05) is 31.9 Å². The van der Waals surface area contributed by atoms with Crippen LogP contribution >= 0.6 is 0 Å². The van der Waals surface area contributed by atoms with Gasteiger partial charge in [0.05, 0.1) is 6.10 Å². The molecule has 5 heteroatoms. The van der Waals surface area contributed by atoms with Crippen molar-refractivity contribution in [1.29, 1.82) is 0 Å². The minimum atomic E-state index is -1.01. The molecular formula is C18H25NO4. The fraction of sp³-hybridized carbons (Fsp3) is 0.444. The Morgan fingerprint density at radius 2 is 2.09 bits per heavy atom. The largest absolute Gasteiger partial charge is 0.491 e. The van der Waals surface area contributed by atoms with E-state index in [9.17, 15) is 9.59 Å². The number of hydrogen-bond donors (Lipinski definition) is 2. The lowest BCUT2D eigenvalue weighted by Crippen LogP contribution is -2.39. The number of aliphatic carboxylic acids is 1. The van der Waals surface area contributed by atoms with Crippen molar-refractivity contribution >= 4 is 18.0 Å². The quantitative estimate of drug-likeness (QED) is 0.685. The van der Waals surface area contributed by atoms with Crippen LogP contribution in [-0.2, 0) is 9.59 Å². The number of hydrogen-bond acceptors (Lipinski definition) is 3. The Morgan fingerprint density at radius 3 is 2.70 bits per heavy atom. The second-order valence-corrected chi connectivity index (χ2v) is 5.61. The fourth-order valence-electron chi connectivity index (χ4n) is 2.02. The molecule has 0 aromatic heterocycles. The number of carboxylic acids is 1. The van der Waals surface area contributed by atoms with E-state index in [0.717, 1.165) is 24.2 Å². The fourth-order valence-corrected chi connectivity index (χ4v) is 2.02. The summed E-state index contributed by atoms with van der Waals surface area (Å²) in [7, 11) is 0. The highest BCUT2D eigenvalue weighted by atomic mass is 16.5. The van der Waals surface area contributed by atoms with Crippen LogP contribution in [0.2, 0.25) is 0 Å². The zero-order valence-electron chi connectivity index (χ0n) is 13.9. The van der Waals surface area contributed by atoms with Crippen molar-refractivity contribution in [2.45, 2.75) is 52.2 Å². The summed E-state index contributed by atoms with van der Waals surface area (Å²) in [6, 6.07) is 6.53. The summed E-state index contributed by atoms with van der Waals surface area (Å²) in [5.74, 6) is -0.690. The summed E-state index contributed by atoms with van der Waals surface area (Å²) in [6.45, 7) is 5.86. The van der Waals surface area contributed by atoms with E-state index in [2.05, 4.69) is 5.32 Å². The van der Waals surface area contributed by atoms with Crippen molar-refractivity contribution in [2.75, 3.05) is 0 Å². The number of rotatable bonds is 9. The predicted molar refractivity (Wildman–Crippen MR) is 90.3 cm³/mol. The number of ether oxygens (including phenoxy) is 1. The van der Waals surface area contributed by atoms with Crippen molar-refractivity contribution in [2.24, 2.45) is 0 Å². The molecule has 0 aliphatic heterocycles. The van der Waals surface area contributed by atoms with Gasteiger partial charge in [-0.25, -0.2) is 4.79 Å². The van der Waals surface area contributed by atoms with Gasteiger partial charge in [-0.2, -0.15) is 0 Å². The van der Waals surface area contributed by atoms with E-state index in [4.69, 9.17) is 9.84 Å². The number of carbonyl (C=O) groups excluding carboxylic acids is 1. The number of carbonyl (C=O) groups is 2. The Morgan fingerprint density at radius 1 is 1.35 bits per heavy atom. The summed E-state index contributed by atoms with van der Waals surface area (Å²) in [5, 5.41) is 11.6. The lowest BCUT2D eigenvalue weighted by Gasteiger charge is -2.12. The van der Waals surface area contributed by atoms with Crippen LogP contribution in [0.1, 0.15) is 45.6 Å². The van der Waals surface area contributed by atoms with Gasteiger partial charge in [0.2, 0.25) is 5.91 Å². The summed E-state index contributed by atoms with van der Waals surface area (Å²) in [5.41, 5.74) is 0.818. The first-order valence-corrected chi connectivity index (χ1v) is 7.90. The molecule has 0 saturated carbocycles. The summed E-state index contributed by atoms with van der Waals surface area (Å²) >= 11 is 0. The van der Waals surface area contributed by atoms with Gasteiger partial charge < -0.3 is 15.2 Å². The first-order chi connectivity index (χ1) is 10.9. The predicted octanol–water partition coefficient (Wildman–Crippen LogP) is 3.25. The molecule has 0 aliphatic rings. The molecular weight excluding hydrogens is 294 g/mol. The SMILES string of the molecule is CCCCC(NC(=O)/C=C/c1cccc(OC(C)C)c1)C(=O)O. The van der Waals surface area contributed by atoms with Gasteiger partial charge in [0.25, 0.3) is 0 Å². The molecule has 23 heavy (non-hydrogen) atoms. The lowest BCUT2D eigenvalue weighted by molar-refractivity contribution is -0.141. The van der Waals surface area contributed by atoms with Gasteiger partial charge in [-0.3, -0.25) is 4.79 Å². The number of carboxylic acid groups (broad SMARTS) is 1. The molecule has 1 aromatic rings. The smallest absolute Gasteiger partial charge is 0.326 e. The highest BCUT2D eigenvalue weighted by Gasteiger charge is 2.17. The third-order valence-electron chi connectivity index (χ3n) is 3.12. The second kappa shape index (κ2) is 9.66. The van der Waals surface area contributed by atoms with Gasteiger partial charge in [0.1, 0.15) is 11.8 Å². The van der Waals surface area contributed by atoms with E-state index in [1.807, 2.05) is 45.0 Å². The van der Waals surface area contributed by atoms with Crippen molar-refractivity contribution in [1.82, 2.24) is 5.32 Å². The van der Waals surface area contributed by atoms with E-state index in [-0.39, 0.29) is 6.10 Å². The molecule has 1 unspecified atom stereocenters. The zero-order chi connectivity index (χ0) is 17.2. The first-order valence-electron chi connectivity index (χ1n) is 7.90. The summed E-state index contributed by atoms with van der Waals surface area (Å²) in [4.78, 5) is 23.0. The Labute approximate surface area is 137 Å². The molecule has 1 aromatic carbocycles. The van der Waals surface area contributed by atoms with Crippen molar-refractivity contribution < 1.29 is 19.4 Å². The van der Waals surface area contributed by atoms with Crippen LogP contribution in [0, 0.1) is 0 Å². The molecule has 0 fully saturated rings.